The Labute approximate surface area is 185 Å². The Morgan fingerprint density at radius 2 is 1.60 bits per heavy atom. The highest BCUT2D eigenvalue weighted by Crippen LogP contribution is 2.36. The molecule has 1 aromatic heterocycles. The van der Waals surface area contributed by atoms with E-state index in [-0.39, 0.29) is 0 Å². The summed E-state index contributed by atoms with van der Waals surface area (Å²) in [6.07, 6.45) is 0. The van der Waals surface area contributed by atoms with Gasteiger partial charge in [-0.05, 0) is 80.3 Å². The van der Waals surface area contributed by atoms with E-state index in [4.69, 9.17) is 11.6 Å². The molecule has 3 aromatic carbocycles. The maximum Gasteiger partial charge on any atom is 0.262 e. The Kier molecular flexibility index (Phi) is 5.34. The van der Waals surface area contributed by atoms with Gasteiger partial charge >= 0.3 is 0 Å². The molecule has 4 rings (SSSR count). The molecule has 0 saturated carbocycles. The average Bonchev–Trinajstić information content (AvgIpc) is 3.10. The van der Waals surface area contributed by atoms with Gasteiger partial charge in [0.15, 0.2) is 0 Å². The van der Waals surface area contributed by atoms with Crippen LogP contribution >= 0.6 is 22.9 Å². The van der Waals surface area contributed by atoms with Crippen molar-refractivity contribution in [2.75, 3.05) is 4.72 Å². The van der Waals surface area contributed by atoms with E-state index in [0.717, 1.165) is 43.0 Å². The fourth-order valence-corrected chi connectivity index (χ4v) is 6.53. The number of halogens is 1. The first-order valence-corrected chi connectivity index (χ1v) is 12.1. The summed E-state index contributed by atoms with van der Waals surface area (Å²) in [6.45, 7) is 7.51. The van der Waals surface area contributed by atoms with Crippen molar-refractivity contribution >= 4 is 48.9 Å². The van der Waals surface area contributed by atoms with Gasteiger partial charge in [-0.3, -0.25) is 4.72 Å². The monoisotopic (exact) mass is 456 g/mol. The molecule has 0 spiro atoms. The number of hydrogen-bond donors (Lipinski definition) is 1. The van der Waals surface area contributed by atoms with Crippen LogP contribution in [0.2, 0.25) is 5.02 Å². The minimum Gasteiger partial charge on any atom is -0.280 e. The van der Waals surface area contributed by atoms with Crippen LogP contribution in [-0.4, -0.2) is 13.4 Å². The van der Waals surface area contributed by atoms with E-state index >= 15 is 0 Å². The standard InChI is InChI=1S/C23H21ClN2O2S2/c1-13-11-14(2)16(4)22(15(13)3)30(27,28)26-17-9-10-18(19(24)12-17)23-25-20-7-5-6-8-21(20)29-23/h5-12,26H,1-4H3. The highest BCUT2D eigenvalue weighted by atomic mass is 35.5. The molecular formula is C23H21ClN2O2S2. The first kappa shape index (κ1) is 20.8. The molecule has 4 nitrogen and oxygen atoms in total. The quantitative estimate of drug-likeness (QED) is 0.374. The second-order valence-corrected chi connectivity index (χ2v) is 10.4. The maximum absolute atomic E-state index is 13.2. The van der Waals surface area contributed by atoms with Crippen LogP contribution in [0.1, 0.15) is 22.3 Å². The maximum atomic E-state index is 13.2. The van der Waals surface area contributed by atoms with Crippen molar-refractivity contribution in [2.45, 2.75) is 32.6 Å². The van der Waals surface area contributed by atoms with E-state index < -0.39 is 10.0 Å². The molecule has 4 aromatic rings. The molecule has 30 heavy (non-hydrogen) atoms. The summed E-state index contributed by atoms with van der Waals surface area (Å²) in [4.78, 5) is 4.96. The van der Waals surface area contributed by atoms with Crippen LogP contribution in [-0.2, 0) is 10.0 Å². The van der Waals surface area contributed by atoms with Crippen LogP contribution in [0.15, 0.2) is 53.4 Å². The summed E-state index contributed by atoms with van der Waals surface area (Å²) < 4.78 is 30.1. The molecule has 0 unspecified atom stereocenters. The zero-order chi connectivity index (χ0) is 21.6. The van der Waals surface area contributed by atoms with Crippen molar-refractivity contribution in [1.82, 2.24) is 4.98 Å². The third kappa shape index (κ3) is 3.71. The number of fused-ring (bicyclic) bond motifs is 1. The van der Waals surface area contributed by atoms with Crippen molar-refractivity contribution in [3.05, 3.63) is 75.8 Å². The average molecular weight is 457 g/mol. The second kappa shape index (κ2) is 7.69. The molecular weight excluding hydrogens is 436 g/mol. The van der Waals surface area contributed by atoms with Crippen LogP contribution in [0.4, 0.5) is 5.69 Å². The summed E-state index contributed by atoms with van der Waals surface area (Å²) in [5.41, 5.74) is 5.51. The first-order chi connectivity index (χ1) is 14.2. The Morgan fingerprint density at radius 1 is 0.933 bits per heavy atom. The van der Waals surface area contributed by atoms with E-state index in [1.165, 1.54) is 0 Å². The Bertz CT molecular complexity index is 1330. The smallest absolute Gasteiger partial charge is 0.262 e. The van der Waals surface area contributed by atoms with Gasteiger partial charge in [0, 0.05) is 5.56 Å². The van der Waals surface area contributed by atoms with Crippen LogP contribution < -0.4 is 4.72 Å². The third-order valence-electron chi connectivity index (χ3n) is 5.31. The minimum absolute atomic E-state index is 0.325. The Hall–Kier alpha value is -2.41. The number of anilines is 1. The number of para-hydroxylation sites is 1. The van der Waals surface area contributed by atoms with Crippen LogP contribution in [0.5, 0.6) is 0 Å². The predicted octanol–water partition coefficient (Wildman–Crippen LogP) is 6.65. The summed E-state index contributed by atoms with van der Waals surface area (Å²) in [6, 6.07) is 15.1. The Morgan fingerprint density at radius 3 is 2.23 bits per heavy atom. The highest BCUT2D eigenvalue weighted by molar-refractivity contribution is 7.92. The van der Waals surface area contributed by atoms with Crippen molar-refractivity contribution < 1.29 is 8.42 Å². The number of benzene rings is 3. The number of thiazole rings is 1. The van der Waals surface area contributed by atoms with Gasteiger partial charge in [-0.25, -0.2) is 13.4 Å². The number of rotatable bonds is 4. The molecule has 0 bridgehead atoms. The van der Waals surface area contributed by atoms with E-state index in [1.54, 1.807) is 29.5 Å². The van der Waals surface area contributed by atoms with Crippen LogP contribution in [0.25, 0.3) is 20.8 Å². The number of nitrogens with zero attached hydrogens (tertiary/aromatic N) is 1. The lowest BCUT2D eigenvalue weighted by Crippen LogP contribution is -2.17. The van der Waals surface area contributed by atoms with Gasteiger partial charge in [0.25, 0.3) is 10.0 Å². The molecule has 0 aliphatic carbocycles. The fraction of sp³-hybridized carbons (Fsp3) is 0.174. The topological polar surface area (TPSA) is 59.1 Å². The predicted molar refractivity (Wildman–Crippen MR) is 126 cm³/mol. The summed E-state index contributed by atoms with van der Waals surface area (Å²) in [5, 5.41) is 1.25. The van der Waals surface area contributed by atoms with E-state index in [0.29, 0.717) is 15.6 Å². The fourth-order valence-electron chi connectivity index (χ4n) is 3.53. The molecule has 7 heteroatoms. The van der Waals surface area contributed by atoms with Gasteiger partial charge < -0.3 is 0 Å². The normalized spacial score (nSPS) is 11.8. The van der Waals surface area contributed by atoms with Crippen molar-refractivity contribution in [3.63, 3.8) is 0 Å². The first-order valence-electron chi connectivity index (χ1n) is 9.43. The summed E-state index contributed by atoms with van der Waals surface area (Å²) >= 11 is 8.06. The van der Waals surface area contributed by atoms with Crippen molar-refractivity contribution in [2.24, 2.45) is 0 Å². The minimum atomic E-state index is -3.76. The van der Waals surface area contributed by atoms with Gasteiger partial charge in [-0.2, -0.15) is 0 Å². The molecule has 0 aliphatic rings. The van der Waals surface area contributed by atoms with Gasteiger partial charge in [0.05, 0.1) is 25.8 Å². The lowest BCUT2D eigenvalue weighted by Gasteiger charge is -2.17. The van der Waals surface area contributed by atoms with Gasteiger partial charge in [0.1, 0.15) is 5.01 Å². The number of nitrogens with one attached hydrogen (secondary N) is 1. The highest BCUT2D eigenvalue weighted by Gasteiger charge is 2.22. The summed E-state index contributed by atoms with van der Waals surface area (Å²) in [5.74, 6) is 0. The van der Waals surface area contributed by atoms with Crippen LogP contribution in [0.3, 0.4) is 0 Å². The van der Waals surface area contributed by atoms with E-state index in [1.807, 2.05) is 58.0 Å². The Balaban J connectivity index is 1.70. The van der Waals surface area contributed by atoms with Crippen molar-refractivity contribution in [3.8, 4) is 10.6 Å². The number of hydrogen-bond acceptors (Lipinski definition) is 4. The SMILES string of the molecule is Cc1cc(C)c(C)c(S(=O)(=O)Nc2ccc(-c3nc4ccccc4s3)c(Cl)c2)c1C. The lowest BCUT2D eigenvalue weighted by atomic mass is 10.0. The van der Waals surface area contributed by atoms with Crippen molar-refractivity contribution in [1.29, 1.82) is 0 Å². The molecule has 0 aliphatic heterocycles. The van der Waals surface area contributed by atoms with E-state index in [9.17, 15) is 8.42 Å². The van der Waals surface area contributed by atoms with Gasteiger partial charge in [-0.15, -0.1) is 11.3 Å². The third-order valence-corrected chi connectivity index (χ3v) is 8.35. The molecule has 1 N–H and O–H groups in total. The molecule has 0 saturated heterocycles. The largest absolute Gasteiger partial charge is 0.280 e. The van der Waals surface area contributed by atoms with E-state index in [2.05, 4.69) is 9.71 Å². The zero-order valence-electron chi connectivity index (χ0n) is 17.1. The van der Waals surface area contributed by atoms with Gasteiger partial charge in [0.2, 0.25) is 0 Å². The summed E-state index contributed by atoms with van der Waals surface area (Å²) in [7, 11) is -3.76. The lowest BCUT2D eigenvalue weighted by molar-refractivity contribution is 0.599. The number of aromatic nitrogens is 1. The second-order valence-electron chi connectivity index (χ2n) is 7.38. The number of aryl methyl sites for hydroxylation is 2. The molecule has 154 valence electrons. The molecule has 0 fully saturated rings. The van der Waals surface area contributed by atoms with Crippen LogP contribution in [0, 0.1) is 27.7 Å². The molecule has 0 radical (unpaired) electrons. The molecule has 0 amide bonds. The molecule has 0 atom stereocenters. The molecule has 1 heterocycles. The number of sulfonamides is 1. The van der Waals surface area contributed by atoms with Gasteiger partial charge in [-0.1, -0.05) is 29.8 Å². The zero-order valence-corrected chi connectivity index (χ0v) is 19.5.